The summed E-state index contributed by atoms with van der Waals surface area (Å²) < 4.78 is 0. The minimum absolute atomic E-state index is 0.0251. The molecule has 1 fully saturated rings. The third-order valence-corrected chi connectivity index (χ3v) is 3.48. The topological polar surface area (TPSA) is 57.6 Å². The lowest BCUT2D eigenvalue weighted by atomic mass is 9.78. The molecule has 1 rings (SSSR count). The predicted octanol–water partition coefficient (Wildman–Crippen LogP) is 1.75. The molecule has 0 saturated heterocycles. The van der Waals surface area contributed by atoms with Crippen LogP contribution in [-0.2, 0) is 9.59 Å². The van der Waals surface area contributed by atoms with Crippen LogP contribution < -0.4 is 0 Å². The minimum atomic E-state index is -0.815. The Morgan fingerprint density at radius 2 is 1.62 bits per heavy atom. The second-order valence-electron chi connectivity index (χ2n) is 4.35. The molecule has 0 radical (unpaired) electrons. The fourth-order valence-corrected chi connectivity index (χ4v) is 2.49. The van der Waals surface area contributed by atoms with Crippen LogP contribution in [0.5, 0.6) is 0 Å². The summed E-state index contributed by atoms with van der Waals surface area (Å²) in [5.41, 5.74) is 0. The molecule has 1 aliphatic carbocycles. The number of amides is 1. The van der Waals surface area contributed by atoms with Gasteiger partial charge in [-0.3, -0.25) is 9.59 Å². The molecule has 92 valence electrons. The second kappa shape index (κ2) is 5.87. The van der Waals surface area contributed by atoms with Gasteiger partial charge in [0.05, 0.1) is 11.8 Å². The maximum atomic E-state index is 12.1. The van der Waals surface area contributed by atoms with Crippen LogP contribution in [0, 0.1) is 11.8 Å². The molecule has 0 aliphatic heterocycles. The van der Waals surface area contributed by atoms with Gasteiger partial charge in [0, 0.05) is 13.1 Å². The third kappa shape index (κ3) is 2.74. The molecule has 0 aromatic carbocycles. The maximum Gasteiger partial charge on any atom is 0.307 e. The molecular weight excluding hydrogens is 206 g/mol. The van der Waals surface area contributed by atoms with Crippen molar-refractivity contribution in [2.75, 3.05) is 13.1 Å². The first-order chi connectivity index (χ1) is 7.61. The number of rotatable bonds is 4. The number of hydrogen-bond donors (Lipinski definition) is 1. The Morgan fingerprint density at radius 1 is 1.12 bits per heavy atom. The molecule has 0 bridgehead atoms. The van der Waals surface area contributed by atoms with Crippen LogP contribution in [0.25, 0.3) is 0 Å². The van der Waals surface area contributed by atoms with E-state index in [1.165, 1.54) is 0 Å². The van der Waals surface area contributed by atoms with Crippen molar-refractivity contribution in [2.24, 2.45) is 11.8 Å². The first-order valence-electron chi connectivity index (χ1n) is 6.13. The Morgan fingerprint density at radius 3 is 2.06 bits per heavy atom. The highest BCUT2D eigenvalue weighted by Crippen LogP contribution is 2.31. The molecule has 2 atom stereocenters. The van der Waals surface area contributed by atoms with Gasteiger partial charge in [-0.05, 0) is 26.7 Å². The summed E-state index contributed by atoms with van der Waals surface area (Å²) >= 11 is 0. The summed E-state index contributed by atoms with van der Waals surface area (Å²) in [5.74, 6) is -1.56. The average molecular weight is 227 g/mol. The minimum Gasteiger partial charge on any atom is -0.481 e. The lowest BCUT2D eigenvalue weighted by Gasteiger charge is -2.31. The van der Waals surface area contributed by atoms with E-state index in [1.807, 2.05) is 13.8 Å². The number of hydrogen-bond acceptors (Lipinski definition) is 2. The summed E-state index contributed by atoms with van der Waals surface area (Å²) in [6.07, 6.45) is 3.28. The monoisotopic (exact) mass is 227 g/mol. The third-order valence-electron chi connectivity index (χ3n) is 3.48. The van der Waals surface area contributed by atoms with Crippen molar-refractivity contribution in [1.82, 2.24) is 4.90 Å². The zero-order chi connectivity index (χ0) is 12.1. The molecule has 4 heteroatoms. The van der Waals surface area contributed by atoms with Gasteiger partial charge >= 0.3 is 5.97 Å². The van der Waals surface area contributed by atoms with Crippen molar-refractivity contribution in [3.05, 3.63) is 0 Å². The van der Waals surface area contributed by atoms with Crippen LogP contribution in [0.15, 0.2) is 0 Å². The summed E-state index contributed by atoms with van der Waals surface area (Å²) in [6, 6.07) is 0. The van der Waals surface area contributed by atoms with Gasteiger partial charge in [-0.1, -0.05) is 12.8 Å². The molecule has 1 saturated carbocycles. The van der Waals surface area contributed by atoms with E-state index in [0.717, 1.165) is 19.3 Å². The van der Waals surface area contributed by atoms with Gasteiger partial charge in [-0.25, -0.2) is 0 Å². The zero-order valence-corrected chi connectivity index (χ0v) is 10.1. The van der Waals surface area contributed by atoms with Gasteiger partial charge < -0.3 is 10.0 Å². The van der Waals surface area contributed by atoms with Gasteiger partial charge in [0.2, 0.25) is 5.91 Å². The Hall–Kier alpha value is -1.06. The number of carbonyl (C=O) groups is 2. The molecule has 0 spiro atoms. The lowest BCUT2D eigenvalue weighted by molar-refractivity contribution is -0.152. The molecule has 0 heterocycles. The molecule has 0 aromatic rings. The van der Waals surface area contributed by atoms with Crippen LogP contribution in [-0.4, -0.2) is 35.0 Å². The molecule has 4 nitrogen and oxygen atoms in total. The Labute approximate surface area is 96.6 Å². The van der Waals surface area contributed by atoms with E-state index in [0.29, 0.717) is 19.5 Å². The van der Waals surface area contributed by atoms with Crippen LogP contribution >= 0.6 is 0 Å². The highest BCUT2D eigenvalue weighted by Gasteiger charge is 2.37. The number of nitrogens with zero attached hydrogens (tertiary/aromatic N) is 1. The fraction of sp³-hybridized carbons (Fsp3) is 0.833. The van der Waals surface area contributed by atoms with Crippen molar-refractivity contribution >= 4 is 11.9 Å². The van der Waals surface area contributed by atoms with E-state index >= 15 is 0 Å². The molecule has 0 aromatic heterocycles. The molecular formula is C12H21NO3. The number of carbonyl (C=O) groups excluding carboxylic acids is 1. The van der Waals surface area contributed by atoms with Gasteiger partial charge in [0.25, 0.3) is 0 Å². The Bertz CT molecular complexity index is 261. The molecule has 2 unspecified atom stereocenters. The quantitative estimate of drug-likeness (QED) is 0.796. The Kier molecular flexibility index (Phi) is 4.77. The van der Waals surface area contributed by atoms with E-state index in [4.69, 9.17) is 5.11 Å². The van der Waals surface area contributed by atoms with E-state index in [-0.39, 0.29) is 11.8 Å². The average Bonchev–Trinajstić information content (AvgIpc) is 2.30. The summed E-state index contributed by atoms with van der Waals surface area (Å²) in [6.45, 7) is 5.19. The smallest absolute Gasteiger partial charge is 0.307 e. The largest absolute Gasteiger partial charge is 0.481 e. The van der Waals surface area contributed by atoms with E-state index in [2.05, 4.69) is 0 Å². The Balaban J connectivity index is 2.74. The first kappa shape index (κ1) is 13.0. The van der Waals surface area contributed by atoms with Gasteiger partial charge in [-0.2, -0.15) is 0 Å². The molecule has 1 amide bonds. The van der Waals surface area contributed by atoms with Crippen molar-refractivity contribution in [3.8, 4) is 0 Å². The molecule has 1 N–H and O–H groups in total. The van der Waals surface area contributed by atoms with Crippen LogP contribution in [0.2, 0.25) is 0 Å². The SMILES string of the molecule is CCN(CC)C(=O)C1CCCCC1C(=O)O. The van der Waals surface area contributed by atoms with Crippen LogP contribution in [0.3, 0.4) is 0 Å². The number of aliphatic carboxylic acids is 1. The molecule has 16 heavy (non-hydrogen) atoms. The van der Waals surface area contributed by atoms with Gasteiger partial charge in [-0.15, -0.1) is 0 Å². The highest BCUT2D eigenvalue weighted by atomic mass is 16.4. The van der Waals surface area contributed by atoms with Gasteiger partial charge in [0.1, 0.15) is 0 Å². The van der Waals surface area contributed by atoms with E-state index in [1.54, 1.807) is 4.90 Å². The summed E-state index contributed by atoms with van der Waals surface area (Å²) in [5, 5.41) is 9.11. The number of carboxylic acids is 1. The highest BCUT2D eigenvalue weighted by molar-refractivity contribution is 5.84. The molecule has 1 aliphatic rings. The maximum absolute atomic E-state index is 12.1. The van der Waals surface area contributed by atoms with Crippen molar-refractivity contribution in [1.29, 1.82) is 0 Å². The van der Waals surface area contributed by atoms with E-state index < -0.39 is 11.9 Å². The summed E-state index contributed by atoms with van der Waals surface area (Å²) in [4.78, 5) is 25.0. The van der Waals surface area contributed by atoms with Crippen LogP contribution in [0.4, 0.5) is 0 Å². The number of carboxylic acid groups (broad SMARTS) is 1. The standard InChI is InChI=1S/C12H21NO3/c1-3-13(4-2)11(14)9-7-5-6-8-10(9)12(15)16/h9-10H,3-8H2,1-2H3,(H,15,16). The second-order valence-corrected chi connectivity index (χ2v) is 4.35. The fourth-order valence-electron chi connectivity index (χ4n) is 2.49. The van der Waals surface area contributed by atoms with Crippen molar-refractivity contribution in [2.45, 2.75) is 39.5 Å². The predicted molar refractivity (Wildman–Crippen MR) is 61.0 cm³/mol. The zero-order valence-electron chi connectivity index (χ0n) is 10.1. The van der Waals surface area contributed by atoms with Crippen molar-refractivity contribution in [3.63, 3.8) is 0 Å². The van der Waals surface area contributed by atoms with Crippen LogP contribution in [0.1, 0.15) is 39.5 Å². The van der Waals surface area contributed by atoms with E-state index in [9.17, 15) is 9.59 Å². The van der Waals surface area contributed by atoms with Crippen molar-refractivity contribution < 1.29 is 14.7 Å². The lowest BCUT2D eigenvalue weighted by Crippen LogP contribution is -2.42. The van der Waals surface area contributed by atoms with Gasteiger partial charge in [0.15, 0.2) is 0 Å². The first-order valence-corrected chi connectivity index (χ1v) is 6.13. The summed E-state index contributed by atoms with van der Waals surface area (Å²) in [7, 11) is 0. The normalized spacial score (nSPS) is 25.1.